The largest absolute Gasteiger partial charge is 0.342 e. The standard InChI is InChI=1S/C5H4N4.N2/c1-4-5(8-2-6-1)9-3-7-4;1-2/h1-3H,(H,6,7,8,9);. The molecule has 2 aromatic rings. The molecule has 0 aromatic carbocycles. The van der Waals surface area contributed by atoms with Gasteiger partial charge in [-0.1, -0.05) is 0 Å². The predicted octanol–water partition coefficient (Wildman–Crippen LogP) is 0.383. The molecule has 0 aliphatic rings. The first-order chi connectivity index (χ1) is 5.47. The number of nitrogens with zero attached hydrogens (tertiary/aromatic N) is 5. The summed E-state index contributed by atoms with van der Waals surface area (Å²) in [5, 5.41) is 12.0. The van der Waals surface area contributed by atoms with Gasteiger partial charge < -0.3 is 4.98 Å². The van der Waals surface area contributed by atoms with Crippen molar-refractivity contribution in [2.45, 2.75) is 0 Å². The Morgan fingerprint density at radius 2 is 2.09 bits per heavy atom. The van der Waals surface area contributed by atoms with Gasteiger partial charge in [0.2, 0.25) is 0 Å². The van der Waals surface area contributed by atoms with Crippen LogP contribution in [0.25, 0.3) is 11.2 Å². The Morgan fingerprint density at radius 3 is 2.82 bits per heavy atom. The molecule has 0 aliphatic carbocycles. The zero-order valence-corrected chi connectivity index (χ0v) is 5.47. The fourth-order valence-corrected chi connectivity index (χ4v) is 0.691. The number of H-pyrrole nitrogens is 1. The van der Waals surface area contributed by atoms with Crippen molar-refractivity contribution in [3.05, 3.63) is 18.9 Å². The lowest BCUT2D eigenvalue weighted by Crippen LogP contribution is -1.76. The van der Waals surface area contributed by atoms with Crippen LogP contribution < -0.4 is 0 Å². The van der Waals surface area contributed by atoms with E-state index in [1.165, 1.54) is 6.33 Å². The Bertz CT molecular complexity index is 320. The van der Waals surface area contributed by atoms with Gasteiger partial charge in [-0.25, -0.2) is 15.0 Å². The minimum atomic E-state index is 0.713. The topological polar surface area (TPSA) is 102 Å². The molecule has 0 radical (unpaired) electrons. The highest BCUT2D eigenvalue weighted by atomic mass is 15.0. The number of fused-ring (bicyclic) bond motifs is 1. The Labute approximate surface area is 61.7 Å². The minimum absolute atomic E-state index is 0.713. The Morgan fingerprint density at radius 1 is 1.27 bits per heavy atom. The zero-order chi connectivity index (χ0) is 8.10. The van der Waals surface area contributed by atoms with Gasteiger partial charge in [0.05, 0.1) is 12.5 Å². The predicted molar refractivity (Wildman–Crippen MR) is 35.1 cm³/mol. The number of rotatable bonds is 0. The normalized spacial score (nSPS) is 8.55. The number of imidazole rings is 1. The van der Waals surface area contributed by atoms with Gasteiger partial charge in [0.25, 0.3) is 0 Å². The summed E-state index contributed by atoms with van der Waals surface area (Å²) in [4.78, 5) is 14.5. The van der Waals surface area contributed by atoms with Crippen LogP contribution in [0.4, 0.5) is 0 Å². The van der Waals surface area contributed by atoms with Crippen LogP contribution in [0.2, 0.25) is 0 Å². The molecule has 0 saturated heterocycles. The van der Waals surface area contributed by atoms with Gasteiger partial charge in [0.1, 0.15) is 11.8 Å². The lowest BCUT2D eigenvalue weighted by Gasteiger charge is -1.80. The number of hydrogen-bond acceptors (Lipinski definition) is 5. The van der Waals surface area contributed by atoms with Crippen molar-refractivity contribution >= 4 is 11.2 Å². The molecule has 2 rings (SSSR count). The Hall–Kier alpha value is -2.03. The van der Waals surface area contributed by atoms with E-state index in [1.54, 1.807) is 12.5 Å². The first kappa shape index (κ1) is 7.08. The van der Waals surface area contributed by atoms with Crippen molar-refractivity contribution in [1.82, 2.24) is 19.9 Å². The summed E-state index contributed by atoms with van der Waals surface area (Å²) < 4.78 is 0. The molecule has 1 N–H and O–H groups in total. The molecule has 2 heterocycles. The quantitative estimate of drug-likeness (QED) is 0.544. The Balaban J connectivity index is 0.000000281. The molecule has 2 aromatic heterocycles. The average molecular weight is 148 g/mol. The second-order valence-corrected chi connectivity index (χ2v) is 1.66. The lowest BCUT2D eigenvalue weighted by atomic mass is 10.6. The van der Waals surface area contributed by atoms with Crippen LogP contribution >= 0.6 is 0 Å². The molecular formula is C5H4N6. The van der Waals surface area contributed by atoms with Crippen LogP contribution in [-0.4, -0.2) is 19.9 Å². The summed E-state index contributed by atoms with van der Waals surface area (Å²) in [6, 6.07) is 0. The first-order valence-corrected chi connectivity index (χ1v) is 2.76. The van der Waals surface area contributed by atoms with E-state index in [1.807, 2.05) is 0 Å². The molecule has 0 spiro atoms. The van der Waals surface area contributed by atoms with Crippen LogP contribution in [0, 0.1) is 10.8 Å². The van der Waals surface area contributed by atoms with Crippen LogP contribution in [0.3, 0.4) is 0 Å². The van der Waals surface area contributed by atoms with Crippen LogP contribution in [0.5, 0.6) is 0 Å². The van der Waals surface area contributed by atoms with Gasteiger partial charge in [-0.05, 0) is 0 Å². The van der Waals surface area contributed by atoms with Crippen molar-refractivity contribution in [2.24, 2.45) is 0 Å². The first-order valence-electron chi connectivity index (χ1n) is 2.76. The van der Waals surface area contributed by atoms with E-state index in [0.29, 0.717) is 5.65 Å². The number of aromatic nitrogens is 4. The molecule has 0 atom stereocenters. The van der Waals surface area contributed by atoms with E-state index >= 15 is 0 Å². The van der Waals surface area contributed by atoms with E-state index in [-0.39, 0.29) is 0 Å². The van der Waals surface area contributed by atoms with Gasteiger partial charge in [0.15, 0.2) is 5.65 Å². The van der Waals surface area contributed by atoms with E-state index in [4.69, 9.17) is 10.8 Å². The minimum Gasteiger partial charge on any atom is -0.342 e. The molecule has 0 unspecified atom stereocenters. The van der Waals surface area contributed by atoms with Gasteiger partial charge in [-0.2, -0.15) is 0 Å². The van der Waals surface area contributed by atoms with E-state index in [9.17, 15) is 0 Å². The molecule has 0 bridgehead atoms. The maximum atomic E-state index is 6.00. The monoisotopic (exact) mass is 148 g/mol. The Kier molecular flexibility index (Phi) is 2.07. The van der Waals surface area contributed by atoms with Gasteiger partial charge in [0, 0.05) is 10.8 Å². The van der Waals surface area contributed by atoms with E-state index in [2.05, 4.69) is 19.9 Å². The van der Waals surface area contributed by atoms with Gasteiger partial charge in [-0.15, -0.1) is 0 Å². The van der Waals surface area contributed by atoms with Crippen LogP contribution in [0.15, 0.2) is 18.9 Å². The average Bonchev–Trinajstić information content (AvgIpc) is 2.55. The van der Waals surface area contributed by atoms with Crippen molar-refractivity contribution in [3.8, 4) is 0 Å². The molecule has 0 saturated carbocycles. The summed E-state index contributed by atoms with van der Waals surface area (Å²) in [5.41, 5.74) is 1.59. The molecule has 54 valence electrons. The molecule has 0 amide bonds. The second kappa shape index (κ2) is 3.22. The van der Waals surface area contributed by atoms with E-state index in [0.717, 1.165) is 5.52 Å². The highest BCUT2D eigenvalue weighted by molar-refractivity contribution is 5.67. The second-order valence-electron chi connectivity index (χ2n) is 1.66. The highest BCUT2D eigenvalue weighted by Crippen LogP contribution is 1.99. The number of nitrogens with one attached hydrogen (secondary N) is 1. The lowest BCUT2D eigenvalue weighted by molar-refractivity contribution is 1.15. The number of hydrogen-bond donors (Lipinski definition) is 1. The van der Waals surface area contributed by atoms with Crippen LogP contribution in [-0.2, 0) is 0 Å². The third-order valence-electron chi connectivity index (χ3n) is 1.10. The van der Waals surface area contributed by atoms with Crippen LogP contribution in [0.1, 0.15) is 0 Å². The highest BCUT2D eigenvalue weighted by Gasteiger charge is 1.91. The maximum Gasteiger partial charge on any atom is 0.180 e. The molecule has 11 heavy (non-hydrogen) atoms. The molecule has 0 aliphatic heterocycles. The molecule has 6 heteroatoms. The van der Waals surface area contributed by atoms with Crippen molar-refractivity contribution in [3.63, 3.8) is 0 Å². The SMILES string of the molecule is N#N.c1ncc2[nH]cnc2n1. The summed E-state index contributed by atoms with van der Waals surface area (Å²) in [6.45, 7) is 0. The van der Waals surface area contributed by atoms with Gasteiger partial charge in [-0.3, -0.25) is 0 Å². The summed E-state index contributed by atoms with van der Waals surface area (Å²) in [5.74, 6) is 0. The van der Waals surface area contributed by atoms with Crippen molar-refractivity contribution in [2.75, 3.05) is 0 Å². The third-order valence-corrected chi connectivity index (χ3v) is 1.10. The van der Waals surface area contributed by atoms with Gasteiger partial charge >= 0.3 is 0 Å². The summed E-state index contributed by atoms with van der Waals surface area (Å²) in [7, 11) is 0. The maximum absolute atomic E-state index is 6.00. The molecule has 0 fully saturated rings. The zero-order valence-electron chi connectivity index (χ0n) is 5.47. The fraction of sp³-hybridized carbons (Fsp3) is 0. The number of aromatic amines is 1. The fourth-order valence-electron chi connectivity index (χ4n) is 0.691. The van der Waals surface area contributed by atoms with Crippen molar-refractivity contribution < 1.29 is 0 Å². The third kappa shape index (κ3) is 1.27. The summed E-state index contributed by atoms with van der Waals surface area (Å²) in [6.07, 6.45) is 4.76. The smallest absolute Gasteiger partial charge is 0.180 e. The van der Waals surface area contributed by atoms with Crippen molar-refractivity contribution in [1.29, 1.82) is 10.8 Å². The van der Waals surface area contributed by atoms with E-state index < -0.39 is 0 Å². The molecule has 6 nitrogen and oxygen atoms in total. The molecular weight excluding hydrogens is 144 g/mol. The summed E-state index contributed by atoms with van der Waals surface area (Å²) >= 11 is 0.